The molecule has 2 rings (SSSR count). The number of carbonyl (C=O) groups excluding carboxylic acids is 3. The number of ketones is 1. The third-order valence-electron chi connectivity index (χ3n) is 6.38. The molecule has 0 radical (unpaired) electrons. The van der Waals surface area contributed by atoms with E-state index in [9.17, 15) is 19.2 Å². The van der Waals surface area contributed by atoms with Gasteiger partial charge in [-0.2, -0.15) is 0 Å². The Morgan fingerprint density at radius 2 is 1.65 bits per heavy atom. The molecule has 0 spiro atoms. The summed E-state index contributed by atoms with van der Waals surface area (Å²) in [7, 11) is 0. The van der Waals surface area contributed by atoms with Crippen LogP contribution in [-0.4, -0.2) is 42.3 Å². The Morgan fingerprint density at radius 1 is 1.00 bits per heavy atom. The van der Waals surface area contributed by atoms with Crippen LogP contribution in [0.25, 0.3) is 11.0 Å². The number of aryl methyl sites for hydroxylation is 1. The number of fused-ring (bicyclic) bond motifs is 1. The van der Waals surface area contributed by atoms with Crippen LogP contribution in [-0.2, 0) is 9.59 Å². The van der Waals surface area contributed by atoms with E-state index < -0.39 is 41.3 Å². The largest absolute Gasteiger partial charge is 0.422 e. The van der Waals surface area contributed by atoms with E-state index >= 15 is 0 Å². The molecule has 8 N–H and O–H groups in total. The van der Waals surface area contributed by atoms with Crippen LogP contribution in [0.2, 0.25) is 0 Å². The number of unbranched alkanes of at least 4 members (excludes halogenated alkanes) is 1. The van der Waals surface area contributed by atoms with Crippen LogP contribution >= 0.6 is 0 Å². The topological polar surface area (TPSA) is 184 Å². The van der Waals surface area contributed by atoms with E-state index in [1.807, 2.05) is 27.7 Å². The highest BCUT2D eigenvalue weighted by Gasteiger charge is 2.31. The third-order valence-corrected chi connectivity index (χ3v) is 6.38. The highest BCUT2D eigenvalue weighted by Crippen LogP contribution is 2.23. The smallest absolute Gasteiger partial charge is 0.347 e. The number of nitrogens with one attached hydrogen (secondary N) is 2. The van der Waals surface area contributed by atoms with Crippen molar-refractivity contribution in [3.63, 3.8) is 0 Å². The number of benzene rings is 1. The lowest BCUT2D eigenvalue weighted by molar-refractivity contribution is -0.130. The lowest BCUT2D eigenvalue weighted by atomic mass is 9.94. The summed E-state index contributed by atoms with van der Waals surface area (Å²) in [6, 6.07) is 2.21. The first-order chi connectivity index (χ1) is 17.4. The maximum Gasteiger partial charge on any atom is 0.347 e. The molecule has 1 heterocycles. The van der Waals surface area contributed by atoms with Crippen molar-refractivity contribution in [3.05, 3.63) is 39.7 Å². The highest BCUT2D eigenvalue weighted by atomic mass is 16.4. The summed E-state index contributed by atoms with van der Waals surface area (Å²) in [6.45, 7) is 9.58. The molecule has 204 valence electrons. The van der Waals surface area contributed by atoms with Crippen LogP contribution in [0.15, 0.2) is 27.4 Å². The van der Waals surface area contributed by atoms with Crippen LogP contribution in [0.5, 0.6) is 0 Å². The summed E-state index contributed by atoms with van der Waals surface area (Å²) in [4.78, 5) is 52.5. The molecule has 10 heteroatoms. The fraction of sp³-hybridized carbons (Fsp3) is 0.556. The fourth-order valence-corrected chi connectivity index (χ4v) is 4.14. The first-order valence-corrected chi connectivity index (χ1v) is 12.8. The van der Waals surface area contributed by atoms with E-state index in [-0.39, 0.29) is 29.4 Å². The van der Waals surface area contributed by atoms with Crippen LogP contribution in [0, 0.1) is 18.8 Å². The Balaban J connectivity index is 2.40. The van der Waals surface area contributed by atoms with E-state index in [2.05, 4.69) is 10.6 Å². The lowest BCUT2D eigenvalue weighted by Gasteiger charge is -2.26. The van der Waals surface area contributed by atoms with Crippen molar-refractivity contribution < 1.29 is 18.8 Å². The van der Waals surface area contributed by atoms with Crippen LogP contribution < -0.4 is 33.5 Å². The molecule has 0 aliphatic carbocycles. The first-order valence-electron chi connectivity index (χ1n) is 12.8. The minimum absolute atomic E-state index is 0.0833. The summed E-state index contributed by atoms with van der Waals surface area (Å²) < 4.78 is 5.40. The Labute approximate surface area is 217 Å². The molecule has 2 amide bonds. The normalized spacial score (nSPS) is 14.0. The number of hydrogen-bond donors (Lipinski definition) is 5. The van der Waals surface area contributed by atoms with Crippen molar-refractivity contribution in [2.75, 3.05) is 12.3 Å². The summed E-state index contributed by atoms with van der Waals surface area (Å²) in [5, 5.41) is 6.09. The number of Topliss-reactive ketones (excluding diaryl/α,β-unsaturated/α-hetero) is 1. The van der Waals surface area contributed by atoms with Gasteiger partial charge in [0.05, 0.1) is 12.1 Å². The fourth-order valence-electron chi connectivity index (χ4n) is 4.14. The molecule has 3 atom stereocenters. The predicted molar refractivity (Wildman–Crippen MR) is 145 cm³/mol. The Kier molecular flexibility index (Phi) is 10.8. The summed E-state index contributed by atoms with van der Waals surface area (Å²) >= 11 is 0. The average Bonchev–Trinajstić information content (AvgIpc) is 2.81. The second-order valence-corrected chi connectivity index (χ2v) is 10.3. The number of nitrogen functional groups attached to an aromatic ring is 1. The van der Waals surface area contributed by atoms with Gasteiger partial charge in [-0.25, -0.2) is 4.79 Å². The Hall–Kier alpha value is -3.24. The van der Waals surface area contributed by atoms with E-state index in [0.29, 0.717) is 42.4 Å². The van der Waals surface area contributed by atoms with E-state index in [1.54, 1.807) is 19.1 Å². The van der Waals surface area contributed by atoms with Gasteiger partial charge < -0.3 is 32.3 Å². The van der Waals surface area contributed by atoms with Gasteiger partial charge in [-0.05, 0) is 68.7 Å². The van der Waals surface area contributed by atoms with Gasteiger partial charge in [-0.3, -0.25) is 14.4 Å². The molecule has 0 aliphatic heterocycles. The van der Waals surface area contributed by atoms with E-state index in [1.165, 1.54) is 6.07 Å². The van der Waals surface area contributed by atoms with Gasteiger partial charge >= 0.3 is 5.63 Å². The van der Waals surface area contributed by atoms with Crippen molar-refractivity contribution in [3.8, 4) is 0 Å². The van der Waals surface area contributed by atoms with Gasteiger partial charge in [-0.1, -0.05) is 27.7 Å². The SMILES string of the molecule is Cc1c(C(=O)C(CCCCN)NC(=O)C(CC(C)C)NC(=O)C(N)C(C)C)c(=O)oc2cc(N)ccc12. The van der Waals surface area contributed by atoms with Crippen LogP contribution in [0.3, 0.4) is 0 Å². The van der Waals surface area contributed by atoms with Crippen molar-refractivity contribution in [2.24, 2.45) is 23.3 Å². The van der Waals surface area contributed by atoms with Crippen molar-refractivity contribution in [1.82, 2.24) is 10.6 Å². The minimum Gasteiger partial charge on any atom is -0.422 e. The van der Waals surface area contributed by atoms with Gasteiger partial charge in [0.1, 0.15) is 17.2 Å². The Bertz CT molecular complexity index is 1170. The van der Waals surface area contributed by atoms with Gasteiger partial charge in [0.25, 0.3) is 0 Å². The molecule has 0 fully saturated rings. The minimum atomic E-state index is -1.00. The van der Waals surface area contributed by atoms with E-state index in [0.717, 1.165) is 0 Å². The molecule has 1 aromatic heterocycles. The highest BCUT2D eigenvalue weighted by molar-refractivity contribution is 6.05. The summed E-state index contributed by atoms with van der Waals surface area (Å²) in [6.07, 6.45) is 1.82. The maximum absolute atomic E-state index is 13.7. The molecule has 2 aromatic rings. The first kappa shape index (κ1) is 30.0. The van der Waals surface area contributed by atoms with Gasteiger partial charge in [0.15, 0.2) is 5.78 Å². The van der Waals surface area contributed by atoms with Gasteiger partial charge in [-0.15, -0.1) is 0 Å². The zero-order valence-electron chi connectivity index (χ0n) is 22.4. The monoisotopic (exact) mass is 515 g/mol. The van der Waals surface area contributed by atoms with Crippen molar-refractivity contribution in [1.29, 1.82) is 0 Å². The number of carbonyl (C=O) groups is 3. The van der Waals surface area contributed by atoms with Crippen molar-refractivity contribution >= 4 is 34.3 Å². The van der Waals surface area contributed by atoms with Crippen molar-refractivity contribution in [2.45, 2.75) is 78.4 Å². The number of nitrogens with two attached hydrogens (primary N) is 3. The molecule has 0 bridgehead atoms. The second kappa shape index (κ2) is 13.3. The second-order valence-electron chi connectivity index (χ2n) is 10.3. The quantitative estimate of drug-likeness (QED) is 0.116. The lowest BCUT2D eigenvalue weighted by Crippen LogP contribution is -2.55. The third kappa shape index (κ3) is 7.87. The molecule has 1 aromatic carbocycles. The zero-order chi connectivity index (χ0) is 27.9. The van der Waals surface area contributed by atoms with E-state index in [4.69, 9.17) is 21.6 Å². The number of hydrogen-bond acceptors (Lipinski definition) is 8. The number of amides is 2. The molecule has 37 heavy (non-hydrogen) atoms. The summed E-state index contributed by atoms with van der Waals surface area (Å²) in [5.74, 6) is -1.53. The predicted octanol–water partition coefficient (Wildman–Crippen LogP) is 1.99. The average molecular weight is 516 g/mol. The van der Waals surface area contributed by atoms with Crippen LogP contribution in [0.1, 0.15) is 69.3 Å². The van der Waals surface area contributed by atoms with Crippen LogP contribution in [0.4, 0.5) is 5.69 Å². The Morgan fingerprint density at radius 3 is 2.24 bits per heavy atom. The number of anilines is 1. The van der Waals surface area contributed by atoms with Gasteiger partial charge in [0, 0.05) is 17.1 Å². The standard InChI is InChI=1S/C27H41N5O5/c1-14(2)12-20(32-26(35)23(30)15(3)4)25(34)31-19(8-6-7-11-28)24(33)22-16(5)18-10-9-17(29)13-21(18)37-27(22)36/h9-10,13-15,19-20,23H,6-8,11-12,28-30H2,1-5H3,(H,31,34)(H,32,35). The maximum atomic E-state index is 13.7. The molecule has 3 unspecified atom stereocenters. The van der Waals surface area contributed by atoms with Gasteiger partial charge in [0.2, 0.25) is 11.8 Å². The number of rotatable bonds is 13. The summed E-state index contributed by atoms with van der Waals surface area (Å²) in [5.41, 5.74) is 17.6. The molecule has 0 aliphatic rings. The molecular weight excluding hydrogens is 474 g/mol. The molecule has 0 saturated carbocycles. The molecule has 0 saturated heterocycles. The molecule has 10 nitrogen and oxygen atoms in total. The molecular formula is C27H41N5O5. The zero-order valence-corrected chi connectivity index (χ0v) is 22.4.